The largest absolute Gasteiger partial charge is 0.317 e. The van der Waals surface area contributed by atoms with E-state index >= 15 is 0 Å². The van der Waals surface area contributed by atoms with E-state index in [0.717, 1.165) is 16.3 Å². The predicted octanol–water partition coefficient (Wildman–Crippen LogP) is 2.74. The zero-order valence-corrected chi connectivity index (χ0v) is 12.5. The Morgan fingerprint density at radius 2 is 2.37 bits per heavy atom. The normalized spacial score (nSPS) is 12.6. The number of nitrogens with two attached hydrogens (primary N) is 1. The molecule has 0 saturated heterocycles. The minimum Gasteiger partial charge on any atom is -0.317 e. The molecule has 19 heavy (non-hydrogen) atoms. The standard InChI is InChI=1S/C13H16ClN3OS/c1-3-17-9(12(14)8(2)16-17)7-10(18)13(15)11-5-4-6-19-11/h4-6,13H,3,7,15H2,1-2H3. The van der Waals surface area contributed by atoms with Gasteiger partial charge in [-0.25, -0.2) is 0 Å². The topological polar surface area (TPSA) is 60.9 Å². The minimum atomic E-state index is -0.587. The van der Waals surface area contributed by atoms with Gasteiger partial charge in [0, 0.05) is 11.4 Å². The third-order valence-corrected chi connectivity index (χ3v) is 4.44. The van der Waals surface area contributed by atoms with Crippen molar-refractivity contribution in [2.24, 2.45) is 5.73 Å². The minimum absolute atomic E-state index is 0.0426. The molecule has 0 amide bonds. The number of Topliss-reactive ketones (excluding diaryl/α,β-unsaturated/α-hetero) is 1. The van der Waals surface area contributed by atoms with Gasteiger partial charge in [-0.05, 0) is 25.3 Å². The fraction of sp³-hybridized carbons (Fsp3) is 0.385. The molecule has 2 aromatic rings. The maximum absolute atomic E-state index is 12.2. The summed E-state index contributed by atoms with van der Waals surface area (Å²) in [7, 11) is 0. The average molecular weight is 298 g/mol. The summed E-state index contributed by atoms with van der Waals surface area (Å²) in [6, 6.07) is 3.18. The number of thiophene rings is 1. The molecule has 1 atom stereocenters. The van der Waals surface area contributed by atoms with Gasteiger partial charge in [0.15, 0.2) is 5.78 Å². The van der Waals surface area contributed by atoms with Crippen LogP contribution >= 0.6 is 22.9 Å². The molecule has 102 valence electrons. The van der Waals surface area contributed by atoms with Crippen molar-refractivity contribution < 1.29 is 4.79 Å². The lowest BCUT2D eigenvalue weighted by Gasteiger charge is -2.10. The number of halogens is 1. The summed E-state index contributed by atoms with van der Waals surface area (Å²) >= 11 is 7.68. The first-order valence-corrected chi connectivity index (χ1v) is 7.33. The number of rotatable bonds is 5. The molecule has 0 radical (unpaired) electrons. The molecule has 0 aliphatic carbocycles. The van der Waals surface area contributed by atoms with Gasteiger partial charge in [-0.1, -0.05) is 17.7 Å². The number of carbonyl (C=O) groups is 1. The number of aromatic nitrogens is 2. The molecule has 6 heteroatoms. The molecule has 0 aliphatic rings. The lowest BCUT2D eigenvalue weighted by atomic mass is 10.1. The Balaban J connectivity index is 2.19. The Bertz CT molecular complexity index is 577. The van der Waals surface area contributed by atoms with E-state index in [1.54, 1.807) is 4.68 Å². The fourth-order valence-corrected chi connectivity index (χ4v) is 2.89. The number of carbonyl (C=O) groups excluding carboxylic acids is 1. The van der Waals surface area contributed by atoms with Crippen LogP contribution in [-0.2, 0) is 17.8 Å². The SMILES string of the molecule is CCn1nc(C)c(Cl)c1CC(=O)C(N)c1cccs1. The van der Waals surface area contributed by atoms with Crippen molar-refractivity contribution in [2.45, 2.75) is 32.9 Å². The predicted molar refractivity (Wildman–Crippen MR) is 77.6 cm³/mol. The molecule has 0 bridgehead atoms. The number of nitrogens with zero attached hydrogens (tertiary/aromatic N) is 2. The lowest BCUT2D eigenvalue weighted by molar-refractivity contribution is -0.119. The molecule has 4 nitrogen and oxygen atoms in total. The molecule has 2 N–H and O–H groups in total. The maximum atomic E-state index is 12.2. The number of hydrogen-bond donors (Lipinski definition) is 1. The van der Waals surface area contributed by atoms with Crippen LogP contribution in [0, 0.1) is 6.92 Å². The molecule has 0 aliphatic heterocycles. The summed E-state index contributed by atoms with van der Waals surface area (Å²) < 4.78 is 1.76. The smallest absolute Gasteiger partial charge is 0.160 e. The zero-order valence-electron chi connectivity index (χ0n) is 10.9. The quantitative estimate of drug-likeness (QED) is 0.923. The van der Waals surface area contributed by atoms with E-state index in [2.05, 4.69) is 5.10 Å². The molecule has 0 aromatic carbocycles. The summed E-state index contributed by atoms with van der Waals surface area (Å²) in [5.74, 6) is -0.0426. The second-order valence-electron chi connectivity index (χ2n) is 4.30. The summed E-state index contributed by atoms with van der Waals surface area (Å²) in [6.45, 7) is 4.49. The van der Waals surface area contributed by atoms with Gasteiger partial charge >= 0.3 is 0 Å². The van der Waals surface area contributed by atoms with E-state index in [1.807, 2.05) is 31.4 Å². The Morgan fingerprint density at radius 3 is 2.95 bits per heavy atom. The van der Waals surface area contributed by atoms with Crippen LogP contribution in [0.5, 0.6) is 0 Å². The summed E-state index contributed by atoms with van der Waals surface area (Å²) in [6.07, 6.45) is 0.215. The fourth-order valence-electron chi connectivity index (χ4n) is 1.94. The van der Waals surface area contributed by atoms with E-state index in [4.69, 9.17) is 17.3 Å². The Labute approximate surface area is 121 Å². The van der Waals surface area contributed by atoms with Crippen molar-refractivity contribution >= 4 is 28.7 Å². The molecular weight excluding hydrogens is 282 g/mol. The van der Waals surface area contributed by atoms with Crippen LogP contribution in [0.3, 0.4) is 0 Å². The van der Waals surface area contributed by atoms with Gasteiger partial charge in [0.25, 0.3) is 0 Å². The third kappa shape index (κ3) is 2.88. The molecule has 0 spiro atoms. The number of hydrogen-bond acceptors (Lipinski definition) is 4. The third-order valence-electron chi connectivity index (χ3n) is 2.99. The Kier molecular flexibility index (Phi) is 4.39. The second kappa shape index (κ2) is 5.86. The van der Waals surface area contributed by atoms with Crippen LogP contribution in [0.2, 0.25) is 5.02 Å². The van der Waals surface area contributed by atoms with Crippen molar-refractivity contribution in [2.75, 3.05) is 0 Å². The highest BCUT2D eigenvalue weighted by atomic mass is 35.5. The number of ketones is 1. The van der Waals surface area contributed by atoms with Gasteiger partial charge in [0.05, 0.1) is 28.9 Å². The van der Waals surface area contributed by atoms with Crippen molar-refractivity contribution in [3.63, 3.8) is 0 Å². The molecule has 2 aromatic heterocycles. The van der Waals surface area contributed by atoms with Crippen molar-refractivity contribution in [3.05, 3.63) is 38.8 Å². The monoisotopic (exact) mass is 297 g/mol. The average Bonchev–Trinajstić information content (AvgIpc) is 3.01. The van der Waals surface area contributed by atoms with Crippen LogP contribution in [0.15, 0.2) is 17.5 Å². The van der Waals surface area contributed by atoms with Crippen molar-refractivity contribution in [1.29, 1.82) is 0 Å². The van der Waals surface area contributed by atoms with Gasteiger partial charge in [0.2, 0.25) is 0 Å². The Hall–Kier alpha value is -1.17. The summed E-state index contributed by atoms with van der Waals surface area (Å²) in [5.41, 5.74) is 7.46. The van der Waals surface area contributed by atoms with Crippen LogP contribution in [0.1, 0.15) is 29.2 Å². The van der Waals surface area contributed by atoms with E-state index in [1.165, 1.54) is 11.3 Å². The van der Waals surface area contributed by atoms with Gasteiger partial charge in [-0.15, -0.1) is 11.3 Å². The first-order valence-electron chi connectivity index (χ1n) is 6.08. The number of aryl methyl sites for hydroxylation is 2. The highest BCUT2D eigenvalue weighted by Gasteiger charge is 2.21. The molecule has 0 fully saturated rings. The highest BCUT2D eigenvalue weighted by molar-refractivity contribution is 7.10. The molecule has 0 saturated carbocycles. The zero-order chi connectivity index (χ0) is 14.0. The summed E-state index contributed by atoms with van der Waals surface area (Å²) in [5, 5.41) is 6.77. The van der Waals surface area contributed by atoms with Gasteiger partial charge in [-0.2, -0.15) is 5.10 Å². The van der Waals surface area contributed by atoms with E-state index < -0.39 is 6.04 Å². The maximum Gasteiger partial charge on any atom is 0.160 e. The first-order chi connectivity index (χ1) is 9.04. The lowest BCUT2D eigenvalue weighted by Crippen LogP contribution is -2.23. The molecule has 2 rings (SSSR count). The van der Waals surface area contributed by atoms with Crippen LogP contribution in [0.4, 0.5) is 0 Å². The van der Waals surface area contributed by atoms with Gasteiger partial charge in [-0.3, -0.25) is 9.48 Å². The van der Waals surface area contributed by atoms with Crippen molar-refractivity contribution in [1.82, 2.24) is 9.78 Å². The van der Waals surface area contributed by atoms with E-state index in [9.17, 15) is 4.79 Å². The van der Waals surface area contributed by atoms with Crippen LogP contribution in [-0.4, -0.2) is 15.6 Å². The van der Waals surface area contributed by atoms with Crippen LogP contribution in [0.25, 0.3) is 0 Å². The second-order valence-corrected chi connectivity index (χ2v) is 5.66. The van der Waals surface area contributed by atoms with Gasteiger partial charge in [0.1, 0.15) is 0 Å². The van der Waals surface area contributed by atoms with Crippen LogP contribution < -0.4 is 5.73 Å². The molecule has 2 heterocycles. The highest BCUT2D eigenvalue weighted by Crippen LogP contribution is 2.24. The first kappa shape index (κ1) is 14.2. The summed E-state index contributed by atoms with van der Waals surface area (Å²) in [4.78, 5) is 13.1. The molecular formula is C13H16ClN3OS. The van der Waals surface area contributed by atoms with E-state index in [0.29, 0.717) is 11.6 Å². The Morgan fingerprint density at radius 1 is 1.63 bits per heavy atom. The van der Waals surface area contributed by atoms with E-state index in [-0.39, 0.29) is 12.2 Å². The van der Waals surface area contributed by atoms with Crippen molar-refractivity contribution in [3.8, 4) is 0 Å². The van der Waals surface area contributed by atoms with Gasteiger partial charge < -0.3 is 5.73 Å². The molecule has 1 unspecified atom stereocenters.